The predicted molar refractivity (Wildman–Crippen MR) is 104 cm³/mol. The zero-order chi connectivity index (χ0) is 18.5. The van der Waals surface area contributed by atoms with Gasteiger partial charge in [-0.2, -0.15) is 0 Å². The second-order valence-electron chi connectivity index (χ2n) is 7.55. The molecule has 0 aliphatic carbocycles. The monoisotopic (exact) mass is 361 g/mol. The minimum absolute atomic E-state index is 0.00102. The Kier molecular flexibility index (Phi) is 3.81. The smallest absolute Gasteiger partial charge is 0.323 e. The molecule has 5 nitrogen and oxygen atoms in total. The fraction of sp³-hybridized carbons (Fsp3) is 0.318. The third kappa shape index (κ3) is 2.50. The molecule has 0 amide bonds. The highest BCUT2D eigenvalue weighted by molar-refractivity contribution is 5.87. The number of hydrogen-bond acceptors (Lipinski definition) is 4. The van der Waals surface area contributed by atoms with Gasteiger partial charge in [-0.15, -0.1) is 0 Å². The van der Waals surface area contributed by atoms with Gasteiger partial charge in [-0.1, -0.05) is 42.5 Å². The number of nitrogens with zero attached hydrogens (tertiary/aromatic N) is 1. The lowest BCUT2D eigenvalue weighted by Gasteiger charge is -2.36. The fourth-order valence-corrected chi connectivity index (χ4v) is 4.82. The van der Waals surface area contributed by atoms with E-state index in [1.54, 1.807) is 0 Å². The number of likely N-dealkylation sites (N-methyl/N-ethyl adjacent to an activating group) is 1. The highest BCUT2D eigenvalue weighted by atomic mass is 16.5. The lowest BCUT2D eigenvalue weighted by Crippen LogP contribution is -2.48. The van der Waals surface area contributed by atoms with E-state index in [1.807, 2.05) is 6.07 Å². The van der Waals surface area contributed by atoms with Crippen molar-refractivity contribution in [1.29, 1.82) is 0 Å². The summed E-state index contributed by atoms with van der Waals surface area (Å²) in [5.41, 5.74) is 6.21. The number of aromatic amines is 1. The molecule has 2 aromatic carbocycles. The second kappa shape index (κ2) is 6.22. The Balaban J connectivity index is 1.67. The second-order valence-corrected chi connectivity index (χ2v) is 7.55. The van der Waals surface area contributed by atoms with Gasteiger partial charge < -0.3 is 9.72 Å². The molecule has 3 aromatic rings. The summed E-state index contributed by atoms with van der Waals surface area (Å²) in [7, 11) is 3.61. The molecule has 5 rings (SSSR count). The molecular weight excluding hydrogens is 338 g/mol. The van der Waals surface area contributed by atoms with Gasteiger partial charge in [0.15, 0.2) is 0 Å². The molecule has 1 aromatic heterocycles. The van der Waals surface area contributed by atoms with Gasteiger partial charge in [0.05, 0.1) is 19.2 Å². The zero-order valence-corrected chi connectivity index (χ0v) is 15.5. The van der Waals surface area contributed by atoms with Crippen LogP contribution in [-0.4, -0.2) is 36.1 Å². The van der Waals surface area contributed by atoms with Crippen LogP contribution in [-0.2, 0) is 22.5 Å². The summed E-state index contributed by atoms with van der Waals surface area (Å²) in [5, 5.41) is 4.78. The third-order valence-corrected chi connectivity index (χ3v) is 6.02. The average molecular weight is 361 g/mol. The molecule has 0 spiro atoms. The lowest BCUT2D eigenvalue weighted by atomic mass is 9.87. The van der Waals surface area contributed by atoms with E-state index < -0.39 is 0 Å². The minimum Gasteiger partial charge on any atom is -0.468 e. The van der Waals surface area contributed by atoms with Crippen molar-refractivity contribution in [2.24, 2.45) is 0 Å². The summed E-state index contributed by atoms with van der Waals surface area (Å²) >= 11 is 0. The van der Waals surface area contributed by atoms with E-state index in [0.717, 1.165) is 12.1 Å². The molecule has 0 bridgehead atoms. The summed E-state index contributed by atoms with van der Waals surface area (Å²) in [4.78, 5) is 18.4. The standard InChI is InChI=1S/C22H23N3O2/c1-25-12-13-7-3-4-8-14(13)21(25)20-19-16(11-18(24-20)22(26)27-2)15-9-5-6-10-17(15)23-19/h3-10,18,20-21,23-24H,11-12H2,1-2H3. The van der Waals surface area contributed by atoms with Gasteiger partial charge in [-0.05, 0) is 29.8 Å². The van der Waals surface area contributed by atoms with E-state index in [0.29, 0.717) is 6.42 Å². The van der Waals surface area contributed by atoms with Crippen molar-refractivity contribution in [3.05, 3.63) is 70.9 Å². The number of carbonyl (C=O) groups is 1. The van der Waals surface area contributed by atoms with Crippen LogP contribution in [0.4, 0.5) is 0 Å². The van der Waals surface area contributed by atoms with E-state index in [2.05, 4.69) is 64.7 Å². The van der Waals surface area contributed by atoms with E-state index in [1.165, 1.54) is 34.9 Å². The number of aromatic nitrogens is 1. The van der Waals surface area contributed by atoms with Crippen LogP contribution < -0.4 is 5.32 Å². The summed E-state index contributed by atoms with van der Waals surface area (Å²) < 4.78 is 5.08. The molecule has 138 valence electrons. The molecule has 3 unspecified atom stereocenters. The normalized spacial score (nSPS) is 24.6. The van der Waals surface area contributed by atoms with Gasteiger partial charge in [0.1, 0.15) is 6.04 Å². The molecule has 5 heteroatoms. The first-order valence-electron chi connectivity index (χ1n) is 9.38. The SMILES string of the molecule is COC(=O)C1Cc2c([nH]c3ccccc23)C(C2c3ccccc3CN2C)N1. The highest BCUT2D eigenvalue weighted by Crippen LogP contribution is 2.44. The Morgan fingerprint density at radius 2 is 1.93 bits per heavy atom. The number of H-pyrrole nitrogens is 1. The van der Waals surface area contributed by atoms with E-state index in [9.17, 15) is 4.79 Å². The van der Waals surface area contributed by atoms with Crippen LogP contribution in [0.5, 0.6) is 0 Å². The van der Waals surface area contributed by atoms with Crippen molar-refractivity contribution in [2.45, 2.75) is 31.1 Å². The molecule has 0 radical (unpaired) electrons. The third-order valence-electron chi connectivity index (χ3n) is 6.02. The topological polar surface area (TPSA) is 57.4 Å². The summed E-state index contributed by atoms with van der Waals surface area (Å²) in [5.74, 6) is -0.204. The number of carbonyl (C=O) groups excluding carboxylic acids is 1. The maximum Gasteiger partial charge on any atom is 0.323 e. The Labute approximate surface area is 158 Å². The molecule has 2 N–H and O–H groups in total. The predicted octanol–water partition coefficient (Wildman–Crippen LogP) is 3.08. The Morgan fingerprint density at radius 3 is 2.78 bits per heavy atom. The summed E-state index contributed by atoms with van der Waals surface area (Å²) in [6.45, 7) is 0.914. The summed E-state index contributed by atoms with van der Waals surface area (Å²) in [6.07, 6.45) is 0.639. The van der Waals surface area contributed by atoms with Gasteiger partial charge in [-0.3, -0.25) is 15.0 Å². The molecule has 3 heterocycles. The number of methoxy groups -OCH3 is 1. The van der Waals surface area contributed by atoms with Gasteiger partial charge in [-0.25, -0.2) is 0 Å². The maximum atomic E-state index is 12.4. The van der Waals surface area contributed by atoms with Crippen molar-refractivity contribution >= 4 is 16.9 Å². The van der Waals surface area contributed by atoms with Crippen LogP contribution in [0.15, 0.2) is 48.5 Å². The maximum absolute atomic E-state index is 12.4. The van der Waals surface area contributed by atoms with Crippen molar-refractivity contribution in [1.82, 2.24) is 15.2 Å². The van der Waals surface area contributed by atoms with Crippen LogP contribution in [0.25, 0.3) is 10.9 Å². The summed E-state index contributed by atoms with van der Waals surface area (Å²) in [6, 6.07) is 16.7. The van der Waals surface area contributed by atoms with Gasteiger partial charge in [0.2, 0.25) is 0 Å². The van der Waals surface area contributed by atoms with Crippen molar-refractivity contribution in [3.63, 3.8) is 0 Å². The molecule has 2 aliphatic rings. The molecule has 0 saturated carbocycles. The van der Waals surface area contributed by atoms with E-state index in [-0.39, 0.29) is 24.1 Å². The minimum atomic E-state index is -0.340. The van der Waals surface area contributed by atoms with Gasteiger partial charge in [0, 0.05) is 29.6 Å². The molecule has 0 fully saturated rings. The van der Waals surface area contributed by atoms with Crippen LogP contribution in [0.3, 0.4) is 0 Å². The molecule has 2 aliphatic heterocycles. The number of benzene rings is 2. The fourth-order valence-electron chi connectivity index (χ4n) is 4.82. The number of fused-ring (bicyclic) bond motifs is 4. The molecule has 3 atom stereocenters. The molecular formula is C22H23N3O2. The first-order valence-corrected chi connectivity index (χ1v) is 9.38. The first-order chi connectivity index (χ1) is 13.2. The Bertz CT molecular complexity index is 1030. The number of ether oxygens (including phenoxy) is 1. The van der Waals surface area contributed by atoms with E-state index in [4.69, 9.17) is 4.74 Å². The number of hydrogen-bond donors (Lipinski definition) is 2. The highest BCUT2D eigenvalue weighted by Gasteiger charge is 2.42. The van der Waals surface area contributed by atoms with E-state index >= 15 is 0 Å². The molecule has 27 heavy (non-hydrogen) atoms. The van der Waals surface area contributed by atoms with Crippen LogP contribution in [0.2, 0.25) is 0 Å². The Hall–Kier alpha value is -2.63. The number of para-hydroxylation sites is 1. The first kappa shape index (κ1) is 16.5. The van der Waals surface area contributed by atoms with Crippen molar-refractivity contribution < 1.29 is 9.53 Å². The molecule has 0 saturated heterocycles. The average Bonchev–Trinajstić information content (AvgIpc) is 3.23. The number of rotatable bonds is 2. The van der Waals surface area contributed by atoms with Crippen LogP contribution in [0.1, 0.15) is 34.5 Å². The van der Waals surface area contributed by atoms with Crippen molar-refractivity contribution in [2.75, 3.05) is 14.2 Å². The zero-order valence-electron chi connectivity index (χ0n) is 15.5. The van der Waals surface area contributed by atoms with Gasteiger partial charge >= 0.3 is 5.97 Å². The van der Waals surface area contributed by atoms with Crippen molar-refractivity contribution in [3.8, 4) is 0 Å². The lowest BCUT2D eigenvalue weighted by molar-refractivity contribution is -0.143. The van der Waals surface area contributed by atoms with Gasteiger partial charge in [0.25, 0.3) is 0 Å². The number of esters is 1. The number of nitrogens with one attached hydrogen (secondary N) is 2. The van der Waals surface area contributed by atoms with Crippen LogP contribution in [0, 0.1) is 0 Å². The quantitative estimate of drug-likeness (QED) is 0.689. The largest absolute Gasteiger partial charge is 0.468 e. The van der Waals surface area contributed by atoms with Crippen LogP contribution >= 0.6 is 0 Å². The Morgan fingerprint density at radius 1 is 1.15 bits per heavy atom.